The molecule has 5 N–H and O–H groups in total. The van der Waals surface area contributed by atoms with Crippen molar-refractivity contribution < 1.29 is 44.5 Å². The van der Waals surface area contributed by atoms with E-state index in [0.29, 0.717) is 6.61 Å². The van der Waals surface area contributed by atoms with Crippen LogP contribution in [-0.2, 0) is 25.6 Å². The Morgan fingerprint density at radius 1 is 1.04 bits per heavy atom. The van der Waals surface area contributed by atoms with Gasteiger partial charge in [0, 0.05) is 6.42 Å². The van der Waals surface area contributed by atoms with Gasteiger partial charge in [-0.3, -0.25) is 0 Å². The molecule has 2 saturated heterocycles. The molecular weight excluding hydrogens is 372 g/mol. The molecule has 3 rings (SSSR count). The van der Waals surface area contributed by atoms with Crippen LogP contribution in [0.5, 0.6) is 0 Å². The Morgan fingerprint density at radius 3 is 2.43 bits per heavy atom. The summed E-state index contributed by atoms with van der Waals surface area (Å²) in [5.74, 6) is 0. The maximum absolute atomic E-state index is 10.4. The number of hydrogen-bond acceptors (Lipinski definition) is 9. The van der Waals surface area contributed by atoms with E-state index in [1.807, 2.05) is 30.3 Å². The monoisotopic (exact) mass is 400 g/mol. The second-order valence-electron chi connectivity index (χ2n) is 7.18. The molecule has 0 aromatic heterocycles. The molecule has 0 saturated carbocycles. The molecule has 0 amide bonds. The SMILES string of the molecule is C[C@@H]1O[C@@H](O[C@@H]2[C@@H](O)[C@@H](O)[C@@H](CO)O[C@H]2O)[C@@H](O)C[C@@H]1OCc1ccccc1. The highest BCUT2D eigenvalue weighted by atomic mass is 16.7. The molecule has 0 aliphatic carbocycles. The van der Waals surface area contributed by atoms with Gasteiger partial charge in [0.15, 0.2) is 12.6 Å². The molecule has 9 nitrogen and oxygen atoms in total. The summed E-state index contributed by atoms with van der Waals surface area (Å²) in [6.45, 7) is 1.58. The van der Waals surface area contributed by atoms with Gasteiger partial charge in [-0.2, -0.15) is 0 Å². The van der Waals surface area contributed by atoms with Gasteiger partial charge >= 0.3 is 0 Å². The van der Waals surface area contributed by atoms with E-state index in [-0.39, 0.29) is 12.5 Å². The van der Waals surface area contributed by atoms with E-state index < -0.39 is 55.8 Å². The van der Waals surface area contributed by atoms with Crippen molar-refractivity contribution in [2.75, 3.05) is 6.61 Å². The maximum atomic E-state index is 10.4. The van der Waals surface area contributed by atoms with Crippen molar-refractivity contribution in [2.24, 2.45) is 0 Å². The molecule has 1 aromatic carbocycles. The van der Waals surface area contributed by atoms with Crippen molar-refractivity contribution in [1.82, 2.24) is 0 Å². The van der Waals surface area contributed by atoms with Crippen LogP contribution in [0.15, 0.2) is 30.3 Å². The minimum absolute atomic E-state index is 0.236. The summed E-state index contributed by atoms with van der Waals surface area (Å²) >= 11 is 0. The van der Waals surface area contributed by atoms with Gasteiger partial charge in [0.1, 0.15) is 30.5 Å². The minimum Gasteiger partial charge on any atom is -0.394 e. The summed E-state index contributed by atoms with van der Waals surface area (Å²) in [6, 6.07) is 9.62. The number of benzene rings is 1. The van der Waals surface area contributed by atoms with E-state index in [4.69, 9.17) is 24.1 Å². The summed E-state index contributed by atoms with van der Waals surface area (Å²) in [5.41, 5.74) is 1.00. The maximum Gasteiger partial charge on any atom is 0.184 e. The van der Waals surface area contributed by atoms with E-state index in [0.717, 1.165) is 5.56 Å². The number of aliphatic hydroxyl groups is 5. The summed E-state index contributed by atoms with van der Waals surface area (Å²) in [7, 11) is 0. The molecule has 28 heavy (non-hydrogen) atoms. The van der Waals surface area contributed by atoms with Gasteiger partial charge in [-0.15, -0.1) is 0 Å². The van der Waals surface area contributed by atoms with Crippen molar-refractivity contribution in [1.29, 1.82) is 0 Å². The molecule has 1 aromatic rings. The second kappa shape index (κ2) is 9.57. The highest BCUT2D eigenvalue weighted by Crippen LogP contribution is 2.29. The van der Waals surface area contributed by atoms with Crippen molar-refractivity contribution >= 4 is 0 Å². The third kappa shape index (κ3) is 4.88. The first kappa shape index (κ1) is 21.6. The molecule has 2 fully saturated rings. The first-order valence-electron chi connectivity index (χ1n) is 9.35. The molecule has 2 heterocycles. The molecule has 0 radical (unpaired) electrons. The molecular formula is C19H28O9. The number of rotatable bonds is 6. The quantitative estimate of drug-likeness (QED) is 0.402. The van der Waals surface area contributed by atoms with Gasteiger partial charge < -0.3 is 44.5 Å². The van der Waals surface area contributed by atoms with E-state index >= 15 is 0 Å². The van der Waals surface area contributed by atoms with Gasteiger partial charge in [-0.05, 0) is 12.5 Å². The van der Waals surface area contributed by atoms with Crippen LogP contribution in [0.3, 0.4) is 0 Å². The lowest BCUT2D eigenvalue weighted by molar-refractivity contribution is -0.350. The van der Waals surface area contributed by atoms with E-state index in [1.54, 1.807) is 6.92 Å². The number of hydrogen-bond donors (Lipinski definition) is 5. The number of aliphatic hydroxyl groups excluding tert-OH is 5. The standard InChI is InChI=1S/C19H28O9/c1-10-13(25-9-11-5-3-2-4-6-11)7-12(21)19(26-10)28-17-16(23)15(22)14(8-20)27-18(17)24/h2-6,10,12-24H,7-9H2,1H3/t10-,12-,13-,14+,15-,16-,17+,18+,19-/m0/s1. The molecule has 0 bridgehead atoms. The Balaban J connectivity index is 1.55. The zero-order chi connectivity index (χ0) is 20.3. The van der Waals surface area contributed by atoms with Gasteiger partial charge in [0.2, 0.25) is 0 Å². The Labute approximate surface area is 163 Å². The van der Waals surface area contributed by atoms with E-state index in [1.165, 1.54) is 0 Å². The predicted molar refractivity (Wildman–Crippen MR) is 94.8 cm³/mol. The van der Waals surface area contributed by atoms with Gasteiger partial charge in [0.05, 0.1) is 25.4 Å². The first-order valence-corrected chi connectivity index (χ1v) is 9.35. The average Bonchev–Trinajstić information content (AvgIpc) is 2.69. The lowest BCUT2D eigenvalue weighted by atomic mass is 9.98. The lowest BCUT2D eigenvalue weighted by Gasteiger charge is -2.44. The average molecular weight is 400 g/mol. The predicted octanol–water partition coefficient (Wildman–Crippen LogP) is -1.12. The minimum atomic E-state index is -1.59. The van der Waals surface area contributed by atoms with E-state index in [2.05, 4.69) is 0 Å². The Bertz CT molecular complexity index is 600. The third-order valence-electron chi connectivity index (χ3n) is 5.10. The molecule has 0 unspecified atom stereocenters. The highest BCUT2D eigenvalue weighted by molar-refractivity contribution is 5.13. The molecule has 158 valence electrons. The number of ether oxygens (including phenoxy) is 4. The Hall–Kier alpha value is -1.14. The zero-order valence-electron chi connectivity index (χ0n) is 15.6. The van der Waals surface area contributed by atoms with Crippen LogP contribution >= 0.6 is 0 Å². The van der Waals surface area contributed by atoms with Crippen LogP contribution in [0.1, 0.15) is 18.9 Å². The van der Waals surface area contributed by atoms with Crippen molar-refractivity contribution in [3.63, 3.8) is 0 Å². The fraction of sp³-hybridized carbons (Fsp3) is 0.684. The topological polar surface area (TPSA) is 138 Å². The van der Waals surface area contributed by atoms with Gasteiger partial charge in [-0.1, -0.05) is 30.3 Å². The lowest BCUT2D eigenvalue weighted by Crippen LogP contribution is -2.61. The fourth-order valence-electron chi connectivity index (χ4n) is 3.41. The van der Waals surface area contributed by atoms with Gasteiger partial charge in [0.25, 0.3) is 0 Å². The second-order valence-corrected chi connectivity index (χ2v) is 7.18. The van der Waals surface area contributed by atoms with Crippen LogP contribution in [-0.4, -0.2) is 87.4 Å². The zero-order valence-corrected chi connectivity index (χ0v) is 15.6. The molecule has 2 aliphatic heterocycles. The van der Waals surface area contributed by atoms with Crippen molar-refractivity contribution in [2.45, 2.75) is 75.3 Å². The van der Waals surface area contributed by atoms with Gasteiger partial charge in [-0.25, -0.2) is 0 Å². The molecule has 9 heteroatoms. The molecule has 0 spiro atoms. The Kier molecular flexibility index (Phi) is 7.37. The van der Waals surface area contributed by atoms with Crippen LogP contribution in [0.4, 0.5) is 0 Å². The van der Waals surface area contributed by atoms with Crippen LogP contribution < -0.4 is 0 Å². The summed E-state index contributed by atoms with van der Waals surface area (Å²) in [4.78, 5) is 0. The highest BCUT2D eigenvalue weighted by Gasteiger charge is 2.47. The summed E-state index contributed by atoms with van der Waals surface area (Å²) in [5, 5.41) is 49.6. The van der Waals surface area contributed by atoms with Crippen molar-refractivity contribution in [3.8, 4) is 0 Å². The van der Waals surface area contributed by atoms with Crippen LogP contribution in [0, 0.1) is 0 Å². The van der Waals surface area contributed by atoms with Crippen LogP contribution in [0.25, 0.3) is 0 Å². The van der Waals surface area contributed by atoms with Crippen LogP contribution in [0.2, 0.25) is 0 Å². The molecule has 9 atom stereocenters. The fourth-order valence-corrected chi connectivity index (χ4v) is 3.41. The third-order valence-corrected chi connectivity index (χ3v) is 5.10. The first-order chi connectivity index (χ1) is 13.4. The summed E-state index contributed by atoms with van der Waals surface area (Å²) < 4.78 is 22.1. The smallest absolute Gasteiger partial charge is 0.184 e. The summed E-state index contributed by atoms with van der Waals surface area (Å²) in [6.07, 6.45) is -9.76. The van der Waals surface area contributed by atoms with Crippen molar-refractivity contribution in [3.05, 3.63) is 35.9 Å². The Morgan fingerprint density at radius 2 is 1.75 bits per heavy atom. The normalized spacial score (nSPS) is 41.7. The molecule has 2 aliphatic rings. The van der Waals surface area contributed by atoms with E-state index in [9.17, 15) is 20.4 Å². The largest absolute Gasteiger partial charge is 0.394 e.